The van der Waals surface area contributed by atoms with E-state index in [-0.39, 0.29) is 0 Å². The summed E-state index contributed by atoms with van der Waals surface area (Å²) in [5.41, 5.74) is 3.67. The molecule has 0 aliphatic rings. The van der Waals surface area contributed by atoms with E-state index in [2.05, 4.69) is 30.0 Å². The van der Waals surface area contributed by atoms with Gasteiger partial charge in [0.2, 0.25) is 5.13 Å². The van der Waals surface area contributed by atoms with Gasteiger partial charge >= 0.3 is 0 Å². The van der Waals surface area contributed by atoms with Gasteiger partial charge in [-0.3, -0.25) is 4.79 Å². The van der Waals surface area contributed by atoms with Crippen LogP contribution in [0.5, 0.6) is 0 Å². The summed E-state index contributed by atoms with van der Waals surface area (Å²) in [5.74, 6) is 0.684. The van der Waals surface area contributed by atoms with Gasteiger partial charge in [0.1, 0.15) is 12.6 Å². The van der Waals surface area contributed by atoms with Gasteiger partial charge in [-0.15, -0.1) is 10.2 Å². The van der Waals surface area contributed by atoms with Gasteiger partial charge in [-0.25, -0.2) is 9.67 Å². The zero-order valence-corrected chi connectivity index (χ0v) is 14.2. The van der Waals surface area contributed by atoms with E-state index in [1.165, 1.54) is 6.33 Å². The summed E-state index contributed by atoms with van der Waals surface area (Å²) in [6.07, 6.45) is 2.25. The van der Waals surface area contributed by atoms with Crippen LogP contribution in [0.25, 0.3) is 5.69 Å². The SMILES string of the molecule is CNc1c(N=Nc2ncns2)c(C)nn1-c1cc(C)cc(C=O)c1. The third-order valence-electron chi connectivity index (χ3n) is 3.32. The Morgan fingerprint density at radius 1 is 1.25 bits per heavy atom. The van der Waals surface area contributed by atoms with Crippen LogP contribution in [0.3, 0.4) is 0 Å². The number of aldehydes is 1. The lowest BCUT2D eigenvalue weighted by molar-refractivity contribution is 0.112. The average molecular weight is 341 g/mol. The summed E-state index contributed by atoms with van der Waals surface area (Å²) in [4.78, 5) is 15.1. The Labute approximate surface area is 142 Å². The van der Waals surface area contributed by atoms with Gasteiger partial charge in [0.05, 0.1) is 11.4 Å². The van der Waals surface area contributed by atoms with Crippen LogP contribution >= 0.6 is 11.5 Å². The predicted octanol–water partition coefficient (Wildman–Crippen LogP) is 3.61. The summed E-state index contributed by atoms with van der Waals surface area (Å²) in [7, 11) is 1.79. The fourth-order valence-electron chi connectivity index (χ4n) is 2.34. The molecule has 0 saturated carbocycles. The Bertz CT molecular complexity index is 899. The van der Waals surface area contributed by atoms with Crippen LogP contribution in [0, 0.1) is 13.8 Å². The number of aryl methyl sites for hydroxylation is 2. The molecular weight excluding hydrogens is 326 g/mol. The highest BCUT2D eigenvalue weighted by Gasteiger charge is 2.16. The van der Waals surface area contributed by atoms with Gasteiger partial charge in [-0.1, -0.05) is 0 Å². The lowest BCUT2D eigenvalue weighted by Crippen LogP contribution is -2.03. The van der Waals surface area contributed by atoms with E-state index < -0.39 is 0 Å². The van der Waals surface area contributed by atoms with E-state index in [4.69, 9.17) is 0 Å². The van der Waals surface area contributed by atoms with Crippen LogP contribution in [0.1, 0.15) is 21.6 Å². The van der Waals surface area contributed by atoms with Crippen LogP contribution in [0.2, 0.25) is 0 Å². The minimum atomic E-state index is 0.475. The van der Waals surface area contributed by atoms with Crippen LogP contribution in [0.15, 0.2) is 34.8 Å². The summed E-state index contributed by atoms with van der Waals surface area (Å²) >= 11 is 1.16. The first-order valence-corrected chi connectivity index (χ1v) is 7.92. The van der Waals surface area contributed by atoms with Crippen LogP contribution in [-0.2, 0) is 0 Å². The average Bonchev–Trinajstić information content (AvgIpc) is 3.19. The van der Waals surface area contributed by atoms with Crippen molar-refractivity contribution >= 4 is 34.5 Å². The molecule has 0 atom stereocenters. The number of nitrogens with one attached hydrogen (secondary N) is 1. The van der Waals surface area contributed by atoms with E-state index in [1.807, 2.05) is 26.0 Å². The molecule has 9 heteroatoms. The van der Waals surface area contributed by atoms with E-state index in [1.54, 1.807) is 17.8 Å². The Kier molecular flexibility index (Phi) is 4.43. The highest BCUT2D eigenvalue weighted by molar-refractivity contribution is 7.09. The second kappa shape index (κ2) is 6.67. The number of nitrogens with zero attached hydrogens (tertiary/aromatic N) is 6. The smallest absolute Gasteiger partial charge is 0.249 e. The topological polar surface area (TPSA) is 97.4 Å². The van der Waals surface area contributed by atoms with Crippen molar-refractivity contribution in [2.45, 2.75) is 13.8 Å². The molecule has 1 N–H and O–H groups in total. The Morgan fingerprint density at radius 2 is 2.08 bits per heavy atom. The van der Waals surface area contributed by atoms with Gasteiger partial charge in [0.25, 0.3) is 0 Å². The fraction of sp³-hybridized carbons (Fsp3) is 0.200. The number of rotatable bonds is 5. The summed E-state index contributed by atoms with van der Waals surface area (Å²) in [5, 5.41) is 16.4. The molecule has 3 aromatic rings. The number of azo groups is 1. The van der Waals surface area contributed by atoms with Crippen molar-refractivity contribution in [1.82, 2.24) is 19.1 Å². The molecule has 0 radical (unpaired) electrons. The van der Waals surface area contributed by atoms with Crippen molar-refractivity contribution in [2.75, 3.05) is 12.4 Å². The maximum atomic E-state index is 11.1. The molecule has 3 rings (SSSR count). The molecule has 1 aromatic carbocycles. The molecular formula is C15H15N7OS. The molecule has 0 bridgehead atoms. The summed E-state index contributed by atoms with van der Waals surface area (Å²) in [6.45, 7) is 3.78. The van der Waals surface area contributed by atoms with Gasteiger partial charge in [0, 0.05) is 24.1 Å². The van der Waals surface area contributed by atoms with Crippen LogP contribution < -0.4 is 5.32 Å². The van der Waals surface area contributed by atoms with Gasteiger partial charge in [-0.05, 0) is 37.6 Å². The van der Waals surface area contributed by atoms with Crippen molar-refractivity contribution in [3.05, 3.63) is 41.3 Å². The molecule has 0 spiro atoms. The zero-order valence-electron chi connectivity index (χ0n) is 13.4. The molecule has 0 amide bonds. The fourth-order valence-corrected chi connectivity index (χ4v) is 2.70. The first-order valence-electron chi connectivity index (χ1n) is 7.15. The van der Waals surface area contributed by atoms with Gasteiger partial charge in [0.15, 0.2) is 11.5 Å². The minimum Gasteiger partial charge on any atom is -0.371 e. The van der Waals surface area contributed by atoms with Crippen molar-refractivity contribution in [3.63, 3.8) is 0 Å². The van der Waals surface area contributed by atoms with Crippen molar-refractivity contribution < 1.29 is 4.79 Å². The van der Waals surface area contributed by atoms with Gasteiger partial charge < -0.3 is 5.32 Å². The molecule has 0 unspecified atom stereocenters. The van der Waals surface area contributed by atoms with E-state index in [0.717, 1.165) is 29.1 Å². The molecule has 8 nitrogen and oxygen atoms in total. The van der Waals surface area contributed by atoms with E-state index >= 15 is 0 Å². The molecule has 24 heavy (non-hydrogen) atoms. The monoisotopic (exact) mass is 341 g/mol. The zero-order chi connectivity index (χ0) is 17.1. The lowest BCUT2D eigenvalue weighted by atomic mass is 10.1. The Balaban J connectivity index is 2.08. The molecule has 2 aromatic heterocycles. The second-order valence-electron chi connectivity index (χ2n) is 5.09. The Hall–Kier alpha value is -2.94. The minimum absolute atomic E-state index is 0.475. The predicted molar refractivity (Wildman–Crippen MR) is 92.1 cm³/mol. The maximum absolute atomic E-state index is 11.1. The first-order chi connectivity index (χ1) is 11.6. The highest BCUT2D eigenvalue weighted by atomic mass is 32.1. The van der Waals surface area contributed by atoms with Crippen molar-refractivity contribution in [1.29, 1.82) is 0 Å². The summed E-state index contributed by atoms with van der Waals surface area (Å²) in [6, 6.07) is 5.55. The quantitative estimate of drug-likeness (QED) is 0.565. The molecule has 0 aliphatic heterocycles. The lowest BCUT2D eigenvalue weighted by Gasteiger charge is -2.08. The first kappa shape index (κ1) is 15.9. The van der Waals surface area contributed by atoms with Gasteiger partial charge in [-0.2, -0.15) is 9.47 Å². The molecule has 0 fully saturated rings. The van der Waals surface area contributed by atoms with Crippen LogP contribution in [0.4, 0.5) is 16.6 Å². The van der Waals surface area contributed by atoms with Crippen molar-refractivity contribution in [2.24, 2.45) is 10.2 Å². The number of anilines is 1. The number of carbonyl (C=O) groups is 1. The van der Waals surface area contributed by atoms with E-state index in [0.29, 0.717) is 27.9 Å². The van der Waals surface area contributed by atoms with Crippen LogP contribution in [-0.4, -0.2) is 32.5 Å². The number of hydrogen-bond donors (Lipinski definition) is 1. The largest absolute Gasteiger partial charge is 0.371 e. The highest BCUT2D eigenvalue weighted by Crippen LogP contribution is 2.33. The molecule has 0 aliphatic carbocycles. The number of carbonyl (C=O) groups excluding carboxylic acids is 1. The number of hydrogen-bond acceptors (Lipinski definition) is 8. The normalized spacial score (nSPS) is 11.1. The molecule has 2 heterocycles. The number of aromatic nitrogens is 4. The second-order valence-corrected chi connectivity index (χ2v) is 5.85. The number of benzene rings is 1. The van der Waals surface area contributed by atoms with Crippen molar-refractivity contribution in [3.8, 4) is 5.69 Å². The molecule has 0 saturated heterocycles. The third-order valence-corrected chi connectivity index (χ3v) is 3.87. The summed E-state index contributed by atoms with van der Waals surface area (Å²) < 4.78 is 5.60. The van der Waals surface area contributed by atoms with E-state index in [9.17, 15) is 4.79 Å². The maximum Gasteiger partial charge on any atom is 0.249 e. The standard InChI is InChI=1S/C15H15N7OS/c1-9-4-11(7-23)6-12(5-9)22-14(16-3)13(10(2)21-22)19-20-15-17-8-18-24-15/h4-8,16H,1-3H3. The molecule has 122 valence electrons. The Morgan fingerprint density at radius 3 is 2.75 bits per heavy atom. The third kappa shape index (κ3) is 3.06.